The van der Waals surface area contributed by atoms with Gasteiger partial charge in [-0.05, 0) is 13.3 Å². The Morgan fingerprint density at radius 1 is 1.75 bits per heavy atom. The molecule has 0 saturated heterocycles. The van der Waals surface area contributed by atoms with E-state index in [4.69, 9.17) is 0 Å². The van der Waals surface area contributed by atoms with Crippen LogP contribution in [0.15, 0.2) is 11.6 Å². The van der Waals surface area contributed by atoms with E-state index in [1.54, 1.807) is 0 Å². The lowest BCUT2D eigenvalue weighted by atomic mass is 10.2. The highest BCUT2D eigenvalue weighted by Crippen LogP contribution is 2.09. The molecule has 0 aliphatic carbocycles. The molecule has 0 aromatic heterocycles. The zero-order valence-corrected chi connectivity index (χ0v) is 5.99. The quantitative estimate of drug-likeness (QED) is 0.383. The van der Waals surface area contributed by atoms with E-state index in [-0.39, 0.29) is 0 Å². The fourth-order valence-electron chi connectivity index (χ4n) is 0.891. The van der Waals surface area contributed by atoms with E-state index in [0.29, 0.717) is 0 Å². The molecule has 0 saturated carbocycles. The summed E-state index contributed by atoms with van der Waals surface area (Å²) in [6.45, 7) is 4.27. The predicted octanol–water partition coefficient (Wildman–Crippen LogP) is 1.48. The van der Waals surface area contributed by atoms with E-state index in [2.05, 4.69) is 25.8 Å². The van der Waals surface area contributed by atoms with Crippen LogP contribution in [0.4, 0.5) is 0 Å². The fourth-order valence-corrected chi connectivity index (χ4v) is 1.23. The summed E-state index contributed by atoms with van der Waals surface area (Å²) < 4.78 is 2.04. The van der Waals surface area contributed by atoms with Crippen molar-refractivity contribution >= 4 is 12.8 Å². The second-order valence-corrected chi connectivity index (χ2v) is 2.79. The first kappa shape index (κ1) is 6.17. The number of hydrogen-bond acceptors (Lipinski definition) is 2. The van der Waals surface area contributed by atoms with Crippen molar-refractivity contribution in [1.29, 1.82) is 0 Å². The van der Waals surface area contributed by atoms with Gasteiger partial charge in [0.05, 0.1) is 0 Å². The zero-order valence-electron chi connectivity index (χ0n) is 5.09. The van der Waals surface area contributed by atoms with E-state index in [1.807, 2.05) is 4.31 Å². The topological polar surface area (TPSA) is 3.24 Å². The van der Waals surface area contributed by atoms with Gasteiger partial charge in [-0.25, -0.2) is 4.31 Å². The van der Waals surface area contributed by atoms with Crippen LogP contribution in [0.25, 0.3) is 0 Å². The maximum absolute atomic E-state index is 4.21. The number of hydrogen-bond donors (Lipinski definition) is 1. The summed E-state index contributed by atoms with van der Waals surface area (Å²) in [7, 11) is 0. The minimum Gasteiger partial charge on any atom is -0.249 e. The van der Waals surface area contributed by atoms with E-state index in [9.17, 15) is 0 Å². The van der Waals surface area contributed by atoms with Crippen LogP contribution in [0.3, 0.4) is 0 Å². The Morgan fingerprint density at radius 2 is 2.50 bits per heavy atom. The molecule has 0 aromatic rings. The Kier molecular flexibility index (Phi) is 1.97. The normalized spacial score (nSPS) is 23.0. The third-order valence-corrected chi connectivity index (χ3v) is 1.65. The SMILES string of the molecule is CC1=CCCN(S)C1. The van der Waals surface area contributed by atoms with Crippen LogP contribution < -0.4 is 0 Å². The summed E-state index contributed by atoms with van der Waals surface area (Å²) >= 11 is 4.21. The summed E-state index contributed by atoms with van der Waals surface area (Å²) in [5.41, 5.74) is 1.44. The van der Waals surface area contributed by atoms with Crippen molar-refractivity contribution in [2.75, 3.05) is 13.1 Å². The monoisotopic (exact) mass is 129 g/mol. The number of thiol groups is 1. The predicted molar refractivity (Wildman–Crippen MR) is 38.9 cm³/mol. The molecule has 0 aromatic carbocycles. The average molecular weight is 129 g/mol. The molecule has 0 unspecified atom stereocenters. The highest BCUT2D eigenvalue weighted by Gasteiger charge is 2.03. The molecular weight excluding hydrogens is 118 g/mol. The Balaban J connectivity index is 2.45. The molecule has 1 rings (SSSR count). The maximum atomic E-state index is 4.21. The highest BCUT2D eigenvalue weighted by atomic mass is 32.1. The van der Waals surface area contributed by atoms with Crippen LogP contribution in [-0.2, 0) is 0 Å². The zero-order chi connectivity index (χ0) is 5.98. The molecule has 1 nitrogen and oxygen atoms in total. The Hall–Kier alpha value is 0.0500. The van der Waals surface area contributed by atoms with Gasteiger partial charge in [0.25, 0.3) is 0 Å². The van der Waals surface area contributed by atoms with Gasteiger partial charge in [0.15, 0.2) is 0 Å². The highest BCUT2D eigenvalue weighted by molar-refractivity contribution is 7.77. The van der Waals surface area contributed by atoms with Crippen LogP contribution in [0, 0.1) is 0 Å². The van der Waals surface area contributed by atoms with Crippen molar-refractivity contribution in [3.63, 3.8) is 0 Å². The number of nitrogens with zero attached hydrogens (tertiary/aromatic N) is 1. The lowest BCUT2D eigenvalue weighted by molar-refractivity contribution is 0.501. The molecule has 0 N–H and O–H groups in total. The standard InChI is InChI=1S/C6H11NS/c1-6-3-2-4-7(8)5-6/h3,8H,2,4-5H2,1H3. The third-order valence-electron chi connectivity index (χ3n) is 1.31. The summed E-state index contributed by atoms with van der Waals surface area (Å²) in [6, 6.07) is 0. The van der Waals surface area contributed by atoms with Crippen molar-refractivity contribution in [2.45, 2.75) is 13.3 Å². The smallest absolute Gasteiger partial charge is 0.0295 e. The Labute approximate surface area is 55.9 Å². The molecule has 0 amide bonds. The van der Waals surface area contributed by atoms with Crippen molar-refractivity contribution < 1.29 is 0 Å². The molecule has 0 spiro atoms. The first-order valence-corrected chi connectivity index (χ1v) is 3.28. The van der Waals surface area contributed by atoms with Crippen molar-refractivity contribution in [1.82, 2.24) is 4.31 Å². The van der Waals surface area contributed by atoms with Gasteiger partial charge < -0.3 is 0 Å². The Bertz CT molecular complexity index is 109. The lowest BCUT2D eigenvalue weighted by Gasteiger charge is -2.18. The van der Waals surface area contributed by atoms with E-state index in [1.165, 1.54) is 5.57 Å². The second-order valence-electron chi connectivity index (χ2n) is 2.23. The number of rotatable bonds is 0. The van der Waals surface area contributed by atoms with Crippen LogP contribution in [-0.4, -0.2) is 17.4 Å². The summed E-state index contributed by atoms with van der Waals surface area (Å²) in [4.78, 5) is 0. The van der Waals surface area contributed by atoms with Crippen molar-refractivity contribution in [3.05, 3.63) is 11.6 Å². The maximum Gasteiger partial charge on any atom is 0.0295 e. The van der Waals surface area contributed by atoms with E-state index in [0.717, 1.165) is 19.5 Å². The van der Waals surface area contributed by atoms with Gasteiger partial charge in [-0.15, -0.1) is 0 Å². The molecule has 0 fully saturated rings. The molecular formula is C6H11NS. The first-order chi connectivity index (χ1) is 3.79. The molecule has 46 valence electrons. The summed E-state index contributed by atoms with van der Waals surface area (Å²) in [5, 5.41) is 0. The van der Waals surface area contributed by atoms with Gasteiger partial charge in [-0.2, -0.15) is 0 Å². The largest absolute Gasteiger partial charge is 0.249 e. The molecule has 1 aliphatic heterocycles. The molecule has 8 heavy (non-hydrogen) atoms. The van der Waals surface area contributed by atoms with Gasteiger partial charge in [0, 0.05) is 13.1 Å². The van der Waals surface area contributed by atoms with Gasteiger partial charge >= 0.3 is 0 Å². The second kappa shape index (κ2) is 2.55. The van der Waals surface area contributed by atoms with Gasteiger partial charge in [0.1, 0.15) is 0 Å². The molecule has 1 heterocycles. The lowest BCUT2D eigenvalue weighted by Crippen LogP contribution is -2.19. The summed E-state index contributed by atoms with van der Waals surface area (Å²) in [6.07, 6.45) is 3.43. The van der Waals surface area contributed by atoms with Gasteiger partial charge in [-0.1, -0.05) is 24.5 Å². The minimum atomic E-state index is 1.03. The summed E-state index contributed by atoms with van der Waals surface area (Å²) in [5.74, 6) is 0. The van der Waals surface area contributed by atoms with Crippen molar-refractivity contribution in [3.8, 4) is 0 Å². The third kappa shape index (κ3) is 1.53. The van der Waals surface area contributed by atoms with Crippen LogP contribution >= 0.6 is 12.8 Å². The van der Waals surface area contributed by atoms with E-state index >= 15 is 0 Å². The Morgan fingerprint density at radius 3 is 2.88 bits per heavy atom. The van der Waals surface area contributed by atoms with Gasteiger partial charge in [-0.3, -0.25) is 0 Å². The minimum absolute atomic E-state index is 1.03. The van der Waals surface area contributed by atoms with Crippen LogP contribution in [0.1, 0.15) is 13.3 Å². The molecule has 0 bridgehead atoms. The van der Waals surface area contributed by atoms with Crippen LogP contribution in [0.2, 0.25) is 0 Å². The van der Waals surface area contributed by atoms with Crippen molar-refractivity contribution in [2.24, 2.45) is 0 Å². The molecule has 1 aliphatic rings. The molecule has 0 radical (unpaired) electrons. The molecule has 0 atom stereocenters. The van der Waals surface area contributed by atoms with E-state index < -0.39 is 0 Å². The van der Waals surface area contributed by atoms with Crippen LogP contribution in [0.5, 0.6) is 0 Å². The first-order valence-electron chi connectivity index (χ1n) is 2.88. The molecule has 2 heteroatoms. The van der Waals surface area contributed by atoms with Gasteiger partial charge in [0.2, 0.25) is 0 Å². The average Bonchev–Trinajstić information content (AvgIpc) is 1.64. The fraction of sp³-hybridized carbons (Fsp3) is 0.667.